The van der Waals surface area contributed by atoms with Crippen LogP contribution in [0.25, 0.3) is 0 Å². The number of nitrogens with zero attached hydrogens (tertiary/aromatic N) is 3. The predicted molar refractivity (Wildman–Crippen MR) is 87.0 cm³/mol. The van der Waals surface area contributed by atoms with Crippen LogP contribution in [0.15, 0.2) is 0 Å². The van der Waals surface area contributed by atoms with Crippen LogP contribution in [0.2, 0.25) is 0 Å². The lowest BCUT2D eigenvalue weighted by atomic mass is 9.76. The highest BCUT2D eigenvalue weighted by Crippen LogP contribution is 2.39. The van der Waals surface area contributed by atoms with Gasteiger partial charge in [-0.1, -0.05) is 0 Å². The molecule has 3 aliphatic heterocycles. The quantitative estimate of drug-likeness (QED) is 0.751. The lowest BCUT2D eigenvalue weighted by Crippen LogP contribution is -2.68. The number of carbonyl (C=O) groups excluding carboxylic acids is 2. The SMILES string of the molecule is CC(=O)N1CCC[C@@H]2N(C(=O)CN3CCOCC3)CCC[C@@]21C. The molecule has 0 aromatic heterocycles. The van der Waals surface area contributed by atoms with Crippen molar-refractivity contribution >= 4 is 11.8 Å². The van der Waals surface area contributed by atoms with Crippen LogP contribution in [-0.4, -0.2) is 84.0 Å². The van der Waals surface area contributed by atoms with Crippen molar-refractivity contribution in [2.75, 3.05) is 45.9 Å². The van der Waals surface area contributed by atoms with E-state index in [1.54, 1.807) is 6.92 Å². The molecule has 0 radical (unpaired) electrons. The summed E-state index contributed by atoms with van der Waals surface area (Å²) in [4.78, 5) is 31.2. The number of rotatable bonds is 2. The van der Waals surface area contributed by atoms with E-state index in [0.29, 0.717) is 19.8 Å². The van der Waals surface area contributed by atoms with Gasteiger partial charge in [0.15, 0.2) is 0 Å². The first-order chi connectivity index (χ1) is 11.0. The number of hydrogen-bond donors (Lipinski definition) is 0. The molecule has 3 rings (SSSR count). The van der Waals surface area contributed by atoms with Gasteiger partial charge >= 0.3 is 0 Å². The van der Waals surface area contributed by atoms with Crippen LogP contribution in [0.4, 0.5) is 0 Å². The molecule has 130 valence electrons. The van der Waals surface area contributed by atoms with Crippen LogP contribution in [0.3, 0.4) is 0 Å². The first-order valence-electron chi connectivity index (χ1n) is 8.90. The Kier molecular flexibility index (Phi) is 4.92. The highest BCUT2D eigenvalue weighted by atomic mass is 16.5. The average molecular weight is 323 g/mol. The zero-order valence-corrected chi connectivity index (χ0v) is 14.4. The first-order valence-corrected chi connectivity index (χ1v) is 8.90. The fourth-order valence-corrected chi connectivity index (χ4v) is 4.60. The minimum atomic E-state index is -0.191. The van der Waals surface area contributed by atoms with E-state index >= 15 is 0 Å². The third-order valence-corrected chi connectivity index (χ3v) is 5.81. The monoisotopic (exact) mass is 323 g/mol. The molecule has 6 heteroatoms. The van der Waals surface area contributed by atoms with Crippen LogP contribution in [0, 0.1) is 0 Å². The molecule has 3 aliphatic rings. The number of carbonyl (C=O) groups is 2. The summed E-state index contributed by atoms with van der Waals surface area (Å²) in [6.07, 6.45) is 3.97. The maximum absolute atomic E-state index is 12.9. The molecule has 3 fully saturated rings. The van der Waals surface area contributed by atoms with Crippen LogP contribution >= 0.6 is 0 Å². The maximum atomic E-state index is 12.9. The van der Waals surface area contributed by atoms with E-state index in [-0.39, 0.29) is 23.4 Å². The van der Waals surface area contributed by atoms with Gasteiger partial charge in [-0.3, -0.25) is 14.5 Å². The van der Waals surface area contributed by atoms with Crippen LogP contribution in [-0.2, 0) is 14.3 Å². The summed E-state index contributed by atoms with van der Waals surface area (Å²) in [7, 11) is 0. The number of likely N-dealkylation sites (tertiary alicyclic amines) is 2. The minimum Gasteiger partial charge on any atom is -0.379 e. The van der Waals surface area contributed by atoms with E-state index < -0.39 is 0 Å². The average Bonchev–Trinajstić information content (AvgIpc) is 2.53. The number of hydrogen-bond acceptors (Lipinski definition) is 4. The Hall–Kier alpha value is -1.14. The summed E-state index contributed by atoms with van der Waals surface area (Å²) in [5.41, 5.74) is -0.191. The minimum absolute atomic E-state index is 0.139. The standard InChI is InChI=1S/C17H29N3O3/c1-14(21)20-8-3-5-15-17(20,2)6-4-7-19(15)16(22)13-18-9-11-23-12-10-18/h15H,3-13H2,1-2H3/t15-,17-/m0/s1. The number of morpholine rings is 1. The maximum Gasteiger partial charge on any atom is 0.237 e. The largest absolute Gasteiger partial charge is 0.379 e. The Balaban J connectivity index is 1.71. The second kappa shape index (κ2) is 6.77. The molecule has 0 aliphatic carbocycles. The van der Waals surface area contributed by atoms with Gasteiger partial charge in [0, 0.05) is 33.1 Å². The van der Waals surface area contributed by atoms with E-state index in [4.69, 9.17) is 4.74 Å². The van der Waals surface area contributed by atoms with Gasteiger partial charge in [-0.05, 0) is 32.6 Å². The van der Waals surface area contributed by atoms with Gasteiger partial charge < -0.3 is 14.5 Å². The van der Waals surface area contributed by atoms with Gasteiger partial charge in [0.1, 0.15) is 0 Å². The van der Waals surface area contributed by atoms with E-state index in [0.717, 1.165) is 51.9 Å². The van der Waals surface area contributed by atoms with E-state index in [2.05, 4.69) is 16.7 Å². The fraction of sp³-hybridized carbons (Fsp3) is 0.882. The molecule has 2 atom stereocenters. The van der Waals surface area contributed by atoms with Crippen molar-refractivity contribution < 1.29 is 14.3 Å². The number of fused-ring (bicyclic) bond motifs is 1. The summed E-state index contributed by atoms with van der Waals surface area (Å²) in [6, 6.07) is 0.169. The molecule has 0 aromatic rings. The summed E-state index contributed by atoms with van der Waals surface area (Å²) < 4.78 is 5.36. The van der Waals surface area contributed by atoms with Gasteiger partial charge in [0.2, 0.25) is 11.8 Å². The van der Waals surface area contributed by atoms with Gasteiger partial charge in [0.25, 0.3) is 0 Å². The van der Waals surface area contributed by atoms with Crippen LogP contribution < -0.4 is 0 Å². The van der Waals surface area contributed by atoms with Gasteiger partial charge in [-0.2, -0.15) is 0 Å². The molecule has 0 spiro atoms. The smallest absolute Gasteiger partial charge is 0.237 e. The van der Waals surface area contributed by atoms with E-state index in [9.17, 15) is 9.59 Å². The molecule has 23 heavy (non-hydrogen) atoms. The van der Waals surface area contributed by atoms with Crippen molar-refractivity contribution in [1.82, 2.24) is 14.7 Å². The number of piperidine rings is 2. The van der Waals surface area contributed by atoms with Crippen LogP contribution in [0.1, 0.15) is 39.5 Å². The molecule has 0 saturated carbocycles. The molecule has 0 unspecified atom stereocenters. The van der Waals surface area contributed by atoms with Crippen molar-refractivity contribution in [2.24, 2.45) is 0 Å². The highest BCUT2D eigenvalue weighted by molar-refractivity contribution is 5.79. The van der Waals surface area contributed by atoms with Crippen molar-refractivity contribution in [3.05, 3.63) is 0 Å². The normalized spacial score (nSPS) is 32.5. The third kappa shape index (κ3) is 3.24. The van der Waals surface area contributed by atoms with Gasteiger partial charge in [-0.15, -0.1) is 0 Å². The zero-order valence-electron chi connectivity index (χ0n) is 14.4. The van der Waals surface area contributed by atoms with Crippen molar-refractivity contribution in [2.45, 2.75) is 51.1 Å². The molecule has 2 amide bonds. The fourth-order valence-electron chi connectivity index (χ4n) is 4.60. The molecule has 0 bridgehead atoms. The Morgan fingerprint density at radius 2 is 1.87 bits per heavy atom. The first kappa shape index (κ1) is 16.7. The Labute approximate surface area is 138 Å². The summed E-state index contributed by atoms with van der Waals surface area (Å²) in [5.74, 6) is 0.355. The lowest BCUT2D eigenvalue weighted by Gasteiger charge is -2.56. The molecular weight excluding hydrogens is 294 g/mol. The molecule has 6 nitrogen and oxygen atoms in total. The zero-order chi connectivity index (χ0) is 16.4. The number of amides is 2. The van der Waals surface area contributed by atoms with Crippen molar-refractivity contribution in [3.63, 3.8) is 0 Å². The topological polar surface area (TPSA) is 53.1 Å². The third-order valence-electron chi connectivity index (χ3n) is 5.81. The molecule has 0 N–H and O–H groups in total. The van der Waals surface area contributed by atoms with E-state index in [1.807, 2.05) is 4.90 Å². The van der Waals surface area contributed by atoms with Gasteiger partial charge in [-0.25, -0.2) is 0 Å². The van der Waals surface area contributed by atoms with Gasteiger partial charge in [0.05, 0.1) is 31.3 Å². The Morgan fingerprint density at radius 3 is 2.57 bits per heavy atom. The Bertz CT molecular complexity index is 464. The predicted octanol–water partition coefficient (Wildman–Crippen LogP) is 0.711. The summed E-state index contributed by atoms with van der Waals surface area (Å²) in [5, 5.41) is 0. The Morgan fingerprint density at radius 1 is 1.13 bits per heavy atom. The molecular formula is C17H29N3O3. The second-order valence-corrected chi connectivity index (χ2v) is 7.27. The van der Waals surface area contributed by atoms with Crippen molar-refractivity contribution in [3.8, 4) is 0 Å². The second-order valence-electron chi connectivity index (χ2n) is 7.27. The highest BCUT2D eigenvalue weighted by Gasteiger charge is 2.49. The summed E-state index contributed by atoms with van der Waals surface area (Å²) >= 11 is 0. The molecule has 0 aromatic carbocycles. The lowest BCUT2D eigenvalue weighted by molar-refractivity contribution is -0.155. The van der Waals surface area contributed by atoms with E-state index in [1.165, 1.54) is 0 Å². The van der Waals surface area contributed by atoms with Crippen LogP contribution in [0.5, 0.6) is 0 Å². The molecule has 3 saturated heterocycles. The summed E-state index contributed by atoms with van der Waals surface area (Å²) in [6.45, 7) is 9.06. The van der Waals surface area contributed by atoms with Crippen molar-refractivity contribution in [1.29, 1.82) is 0 Å². The molecule has 3 heterocycles. The number of ether oxygens (including phenoxy) is 1.